The van der Waals surface area contributed by atoms with E-state index in [9.17, 15) is 17.6 Å². The lowest BCUT2D eigenvalue weighted by atomic mass is 10.0. The average molecular weight is 241 g/mol. The van der Waals surface area contributed by atoms with Crippen LogP contribution in [0.4, 0.5) is 17.6 Å². The summed E-state index contributed by atoms with van der Waals surface area (Å²) in [6.07, 6.45) is -2.09. The van der Waals surface area contributed by atoms with Crippen LogP contribution in [0.3, 0.4) is 0 Å². The molecule has 5 heteroatoms. The van der Waals surface area contributed by atoms with Crippen LogP contribution in [0.25, 0.3) is 11.1 Å². The SMILES string of the molecule is Fc1cncc(-c2cccc(C(F)(F)F)c2)c1. The van der Waals surface area contributed by atoms with E-state index in [1.807, 2.05) is 0 Å². The number of nitrogens with zero attached hydrogens (tertiary/aromatic N) is 1. The third-order valence-corrected chi connectivity index (χ3v) is 2.23. The number of rotatable bonds is 1. The van der Waals surface area contributed by atoms with Gasteiger partial charge in [-0.05, 0) is 23.8 Å². The number of halogens is 4. The number of alkyl halides is 3. The van der Waals surface area contributed by atoms with Crippen LogP contribution in [0.5, 0.6) is 0 Å². The number of benzene rings is 1. The summed E-state index contributed by atoms with van der Waals surface area (Å²) in [4.78, 5) is 3.60. The molecular formula is C12H7F4N. The van der Waals surface area contributed by atoms with E-state index in [1.165, 1.54) is 18.3 Å². The molecule has 2 rings (SSSR count). The maximum atomic E-state index is 12.9. The summed E-state index contributed by atoms with van der Waals surface area (Å²) in [5.41, 5.74) is -0.165. The molecule has 0 aliphatic carbocycles. The monoisotopic (exact) mass is 241 g/mol. The summed E-state index contributed by atoms with van der Waals surface area (Å²) in [6.45, 7) is 0. The fourth-order valence-corrected chi connectivity index (χ4v) is 1.44. The van der Waals surface area contributed by atoms with Gasteiger partial charge in [0.05, 0.1) is 11.8 Å². The van der Waals surface area contributed by atoms with Crippen LogP contribution in [-0.2, 0) is 6.18 Å². The molecule has 1 heterocycles. The number of pyridine rings is 1. The van der Waals surface area contributed by atoms with Crippen molar-refractivity contribution in [2.45, 2.75) is 6.18 Å². The minimum atomic E-state index is -4.41. The first-order valence-electron chi connectivity index (χ1n) is 4.75. The summed E-state index contributed by atoms with van der Waals surface area (Å²) in [7, 11) is 0. The first-order chi connectivity index (χ1) is 7.97. The van der Waals surface area contributed by atoms with E-state index in [2.05, 4.69) is 4.98 Å². The molecule has 0 saturated heterocycles. The maximum absolute atomic E-state index is 12.9. The molecule has 2 aromatic rings. The molecule has 1 aromatic carbocycles. The lowest BCUT2D eigenvalue weighted by molar-refractivity contribution is -0.137. The molecule has 0 spiro atoms. The Kier molecular flexibility index (Phi) is 2.83. The van der Waals surface area contributed by atoms with E-state index >= 15 is 0 Å². The fraction of sp³-hybridized carbons (Fsp3) is 0.0833. The van der Waals surface area contributed by atoms with Crippen molar-refractivity contribution < 1.29 is 17.6 Å². The first-order valence-corrected chi connectivity index (χ1v) is 4.75. The van der Waals surface area contributed by atoms with Gasteiger partial charge in [-0.2, -0.15) is 13.2 Å². The highest BCUT2D eigenvalue weighted by Crippen LogP contribution is 2.31. The van der Waals surface area contributed by atoms with Crippen molar-refractivity contribution in [2.24, 2.45) is 0 Å². The predicted molar refractivity (Wildman–Crippen MR) is 54.6 cm³/mol. The summed E-state index contributed by atoms with van der Waals surface area (Å²) in [6, 6.07) is 5.84. The maximum Gasteiger partial charge on any atom is 0.416 e. The average Bonchev–Trinajstić information content (AvgIpc) is 2.28. The van der Waals surface area contributed by atoms with Gasteiger partial charge in [-0.1, -0.05) is 12.1 Å². The highest BCUT2D eigenvalue weighted by Gasteiger charge is 2.30. The summed E-state index contributed by atoms with van der Waals surface area (Å²) in [5, 5.41) is 0. The normalized spacial score (nSPS) is 11.5. The van der Waals surface area contributed by atoms with Crippen molar-refractivity contribution >= 4 is 0 Å². The Morgan fingerprint density at radius 2 is 1.71 bits per heavy atom. The van der Waals surface area contributed by atoms with Crippen molar-refractivity contribution in [2.75, 3.05) is 0 Å². The molecule has 0 saturated carbocycles. The van der Waals surface area contributed by atoms with Crippen molar-refractivity contribution in [3.8, 4) is 11.1 Å². The van der Waals surface area contributed by atoms with Crippen LogP contribution in [0.2, 0.25) is 0 Å². The third kappa shape index (κ3) is 2.61. The standard InChI is InChI=1S/C12H7F4N/c13-11-5-9(6-17-7-11)8-2-1-3-10(4-8)12(14,15)16/h1-7H. The van der Waals surface area contributed by atoms with Gasteiger partial charge in [0, 0.05) is 11.8 Å². The largest absolute Gasteiger partial charge is 0.416 e. The highest BCUT2D eigenvalue weighted by molar-refractivity contribution is 5.63. The fourth-order valence-electron chi connectivity index (χ4n) is 1.44. The summed E-state index contributed by atoms with van der Waals surface area (Å²) < 4.78 is 50.3. The molecule has 17 heavy (non-hydrogen) atoms. The molecule has 0 radical (unpaired) electrons. The van der Waals surface area contributed by atoms with Crippen LogP contribution >= 0.6 is 0 Å². The molecular weight excluding hydrogens is 234 g/mol. The Labute approximate surface area is 94.7 Å². The molecule has 0 N–H and O–H groups in total. The molecule has 0 fully saturated rings. The van der Waals surface area contributed by atoms with E-state index in [4.69, 9.17) is 0 Å². The number of aromatic nitrogens is 1. The lowest BCUT2D eigenvalue weighted by Gasteiger charge is -2.08. The van der Waals surface area contributed by atoms with Crippen LogP contribution in [0.1, 0.15) is 5.56 Å². The Balaban J connectivity index is 2.47. The van der Waals surface area contributed by atoms with E-state index in [0.29, 0.717) is 5.56 Å². The van der Waals surface area contributed by atoms with Crippen LogP contribution in [0, 0.1) is 5.82 Å². The summed E-state index contributed by atoms with van der Waals surface area (Å²) in [5.74, 6) is -0.583. The zero-order valence-corrected chi connectivity index (χ0v) is 8.50. The van der Waals surface area contributed by atoms with Gasteiger partial charge in [0.2, 0.25) is 0 Å². The predicted octanol–water partition coefficient (Wildman–Crippen LogP) is 3.91. The van der Waals surface area contributed by atoms with Gasteiger partial charge in [0.15, 0.2) is 0 Å². The Morgan fingerprint density at radius 1 is 0.941 bits per heavy atom. The van der Waals surface area contributed by atoms with Gasteiger partial charge in [-0.3, -0.25) is 4.98 Å². The van der Waals surface area contributed by atoms with E-state index in [1.54, 1.807) is 0 Å². The van der Waals surface area contributed by atoms with E-state index in [-0.39, 0.29) is 5.56 Å². The third-order valence-electron chi connectivity index (χ3n) is 2.23. The van der Waals surface area contributed by atoms with Gasteiger partial charge in [0.25, 0.3) is 0 Å². The number of hydrogen-bond donors (Lipinski definition) is 0. The molecule has 0 amide bonds. The molecule has 88 valence electrons. The van der Waals surface area contributed by atoms with E-state index in [0.717, 1.165) is 24.4 Å². The van der Waals surface area contributed by atoms with Crippen molar-refractivity contribution in [1.82, 2.24) is 4.98 Å². The molecule has 0 atom stereocenters. The zero-order chi connectivity index (χ0) is 12.5. The molecule has 0 unspecified atom stereocenters. The first kappa shape index (κ1) is 11.6. The zero-order valence-electron chi connectivity index (χ0n) is 8.50. The van der Waals surface area contributed by atoms with Gasteiger partial charge in [-0.15, -0.1) is 0 Å². The lowest BCUT2D eigenvalue weighted by Crippen LogP contribution is -2.04. The Hall–Kier alpha value is -1.91. The van der Waals surface area contributed by atoms with Crippen LogP contribution < -0.4 is 0 Å². The van der Waals surface area contributed by atoms with Crippen molar-refractivity contribution in [3.05, 3.63) is 54.1 Å². The van der Waals surface area contributed by atoms with Gasteiger partial charge < -0.3 is 0 Å². The van der Waals surface area contributed by atoms with Crippen molar-refractivity contribution in [3.63, 3.8) is 0 Å². The minimum absolute atomic E-state index is 0.284. The van der Waals surface area contributed by atoms with E-state index < -0.39 is 17.6 Å². The van der Waals surface area contributed by atoms with Crippen LogP contribution in [-0.4, -0.2) is 4.98 Å². The Bertz CT molecular complexity index is 534. The van der Waals surface area contributed by atoms with Gasteiger partial charge in [0.1, 0.15) is 5.82 Å². The Morgan fingerprint density at radius 3 is 2.35 bits per heavy atom. The molecule has 0 aliphatic heterocycles. The minimum Gasteiger partial charge on any atom is -0.261 e. The number of hydrogen-bond acceptors (Lipinski definition) is 1. The molecule has 1 aromatic heterocycles. The van der Waals surface area contributed by atoms with Gasteiger partial charge >= 0.3 is 6.18 Å². The molecule has 0 bridgehead atoms. The van der Waals surface area contributed by atoms with Crippen LogP contribution in [0.15, 0.2) is 42.7 Å². The molecule has 0 aliphatic rings. The highest BCUT2D eigenvalue weighted by atomic mass is 19.4. The topological polar surface area (TPSA) is 12.9 Å². The van der Waals surface area contributed by atoms with Crippen molar-refractivity contribution in [1.29, 1.82) is 0 Å². The second-order valence-electron chi connectivity index (χ2n) is 3.47. The smallest absolute Gasteiger partial charge is 0.261 e. The second-order valence-corrected chi connectivity index (χ2v) is 3.47. The second kappa shape index (κ2) is 4.16. The van der Waals surface area contributed by atoms with Gasteiger partial charge in [-0.25, -0.2) is 4.39 Å². The molecule has 1 nitrogen and oxygen atoms in total. The summed E-state index contributed by atoms with van der Waals surface area (Å²) >= 11 is 0. The quantitative estimate of drug-likeness (QED) is 0.690.